The second-order valence-electron chi connectivity index (χ2n) is 8.37. The largest absolute Gasteiger partial charge is 0.329 e. The summed E-state index contributed by atoms with van der Waals surface area (Å²) in [6.45, 7) is 2.41. The number of aromatic amines is 1. The third-order valence-electron chi connectivity index (χ3n) is 6.09. The molecule has 3 heterocycles. The van der Waals surface area contributed by atoms with E-state index >= 15 is 0 Å². The summed E-state index contributed by atoms with van der Waals surface area (Å²) >= 11 is 13.0. The fourth-order valence-corrected chi connectivity index (χ4v) is 5.02. The summed E-state index contributed by atoms with van der Waals surface area (Å²) in [6.07, 6.45) is 6.96. The average Bonchev–Trinajstić information content (AvgIpc) is 3.55. The van der Waals surface area contributed by atoms with Gasteiger partial charge in [-0.25, -0.2) is 4.79 Å². The predicted molar refractivity (Wildman–Crippen MR) is 140 cm³/mol. The molecule has 1 atom stereocenters. The molecular weight excluding hydrogens is 497 g/mol. The van der Waals surface area contributed by atoms with Crippen molar-refractivity contribution in [1.82, 2.24) is 34.7 Å². The minimum atomic E-state index is -0.248. The number of pyridine rings is 1. The lowest BCUT2D eigenvalue weighted by Crippen LogP contribution is -2.28. The van der Waals surface area contributed by atoms with E-state index in [-0.39, 0.29) is 11.7 Å². The van der Waals surface area contributed by atoms with Gasteiger partial charge >= 0.3 is 5.69 Å². The van der Waals surface area contributed by atoms with Gasteiger partial charge in [0, 0.05) is 45.3 Å². The van der Waals surface area contributed by atoms with Crippen LogP contribution in [-0.4, -0.2) is 34.7 Å². The van der Waals surface area contributed by atoms with Gasteiger partial charge in [0.05, 0.1) is 18.3 Å². The SMILES string of the molecule is CCCC(c1c(Cl)cccc1Cl)n1ccn(Cc2ccc(-c3ccccc3-c3nn[nH]n3)cn2)c1=O. The molecule has 1 unspecified atom stereocenters. The van der Waals surface area contributed by atoms with Crippen LogP contribution in [-0.2, 0) is 6.54 Å². The van der Waals surface area contributed by atoms with Gasteiger partial charge in [-0.15, -0.1) is 10.2 Å². The Morgan fingerprint density at radius 1 is 0.972 bits per heavy atom. The Hall–Kier alpha value is -3.75. The molecule has 1 N–H and O–H groups in total. The highest BCUT2D eigenvalue weighted by molar-refractivity contribution is 6.36. The first-order valence-electron chi connectivity index (χ1n) is 11.6. The Kier molecular flexibility index (Phi) is 6.97. The maximum absolute atomic E-state index is 13.3. The number of nitrogens with one attached hydrogen (secondary N) is 1. The molecule has 0 aliphatic carbocycles. The molecule has 0 spiro atoms. The van der Waals surface area contributed by atoms with Gasteiger partial charge in [-0.2, -0.15) is 5.21 Å². The molecule has 0 saturated heterocycles. The number of H-pyrrole nitrogens is 1. The van der Waals surface area contributed by atoms with Gasteiger partial charge in [-0.05, 0) is 35.4 Å². The topological polar surface area (TPSA) is 94.3 Å². The van der Waals surface area contributed by atoms with Crippen molar-refractivity contribution in [2.45, 2.75) is 32.4 Å². The standard InChI is InChI=1S/C26H23Cl2N7O/c1-2-6-23(24-21(27)9-5-10-22(24)28)35-14-13-34(26(35)36)16-18-12-11-17(15-29-18)19-7-3-4-8-20(19)25-30-32-33-31-25/h3-5,7-15,23H,2,6,16H2,1H3,(H,30,31,32,33). The molecule has 2 aromatic carbocycles. The molecule has 0 fully saturated rings. The number of nitrogens with zero attached hydrogens (tertiary/aromatic N) is 6. The van der Waals surface area contributed by atoms with Crippen LogP contribution in [0.25, 0.3) is 22.5 Å². The van der Waals surface area contributed by atoms with Crippen LogP contribution in [0.15, 0.2) is 78.0 Å². The number of rotatable bonds is 8. The van der Waals surface area contributed by atoms with Crippen molar-refractivity contribution in [3.05, 3.63) is 105 Å². The van der Waals surface area contributed by atoms with Gasteiger partial charge in [0.25, 0.3) is 0 Å². The molecule has 0 aliphatic heterocycles. The number of hydrogen-bond acceptors (Lipinski definition) is 5. The lowest BCUT2D eigenvalue weighted by molar-refractivity contribution is 0.508. The van der Waals surface area contributed by atoms with E-state index in [0.717, 1.165) is 40.8 Å². The second-order valence-corrected chi connectivity index (χ2v) is 9.19. The van der Waals surface area contributed by atoms with E-state index in [0.29, 0.717) is 22.4 Å². The maximum atomic E-state index is 13.3. The number of tetrazole rings is 1. The maximum Gasteiger partial charge on any atom is 0.329 e. The van der Waals surface area contributed by atoms with E-state index < -0.39 is 0 Å². The number of hydrogen-bond donors (Lipinski definition) is 1. The Morgan fingerprint density at radius 2 is 1.75 bits per heavy atom. The Balaban J connectivity index is 1.41. The minimum absolute atomic E-state index is 0.141. The quantitative estimate of drug-likeness (QED) is 0.286. The summed E-state index contributed by atoms with van der Waals surface area (Å²) in [6, 6.07) is 16.9. The Morgan fingerprint density at radius 3 is 2.42 bits per heavy atom. The molecule has 10 heteroatoms. The van der Waals surface area contributed by atoms with Crippen LogP contribution in [0, 0.1) is 0 Å². The molecule has 0 bridgehead atoms. The first-order valence-corrected chi connectivity index (χ1v) is 12.3. The zero-order chi connectivity index (χ0) is 25.1. The summed E-state index contributed by atoms with van der Waals surface area (Å²) in [4.78, 5) is 18.0. The molecule has 5 rings (SSSR count). The van der Waals surface area contributed by atoms with Crippen molar-refractivity contribution < 1.29 is 0 Å². The van der Waals surface area contributed by atoms with Crippen LogP contribution in [0.3, 0.4) is 0 Å². The van der Waals surface area contributed by atoms with E-state index in [2.05, 4.69) is 32.5 Å². The highest BCUT2D eigenvalue weighted by Crippen LogP contribution is 2.34. The first-order chi connectivity index (χ1) is 17.6. The van der Waals surface area contributed by atoms with Crippen LogP contribution in [0.2, 0.25) is 10.0 Å². The van der Waals surface area contributed by atoms with Crippen LogP contribution < -0.4 is 5.69 Å². The van der Waals surface area contributed by atoms with E-state index in [1.165, 1.54) is 0 Å². The fraction of sp³-hybridized carbons (Fsp3) is 0.192. The highest BCUT2D eigenvalue weighted by Gasteiger charge is 2.22. The van der Waals surface area contributed by atoms with Crippen LogP contribution >= 0.6 is 23.2 Å². The zero-order valence-electron chi connectivity index (χ0n) is 19.5. The summed E-state index contributed by atoms with van der Waals surface area (Å²) in [7, 11) is 0. The molecule has 36 heavy (non-hydrogen) atoms. The first kappa shape index (κ1) is 24.0. The van der Waals surface area contributed by atoms with Crippen molar-refractivity contribution in [3.8, 4) is 22.5 Å². The van der Waals surface area contributed by atoms with Gasteiger partial charge in [-0.3, -0.25) is 14.1 Å². The van der Waals surface area contributed by atoms with Crippen molar-refractivity contribution in [2.24, 2.45) is 0 Å². The monoisotopic (exact) mass is 519 g/mol. The van der Waals surface area contributed by atoms with E-state index in [1.807, 2.05) is 36.4 Å². The van der Waals surface area contributed by atoms with Gasteiger partial charge in [0.15, 0.2) is 0 Å². The van der Waals surface area contributed by atoms with Gasteiger partial charge < -0.3 is 0 Å². The normalized spacial score (nSPS) is 12.1. The number of aromatic nitrogens is 7. The minimum Gasteiger partial charge on any atom is -0.293 e. The zero-order valence-corrected chi connectivity index (χ0v) is 21.0. The molecule has 0 amide bonds. The van der Waals surface area contributed by atoms with E-state index in [9.17, 15) is 4.79 Å². The van der Waals surface area contributed by atoms with Gasteiger partial charge in [-0.1, -0.05) is 72.9 Å². The molecule has 3 aromatic heterocycles. The summed E-state index contributed by atoms with van der Waals surface area (Å²) < 4.78 is 3.34. The molecule has 5 aromatic rings. The molecular formula is C26H23Cl2N7O. The molecule has 8 nitrogen and oxygen atoms in total. The smallest absolute Gasteiger partial charge is 0.293 e. The van der Waals surface area contributed by atoms with E-state index in [1.54, 1.807) is 45.9 Å². The van der Waals surface area contributed by atoms with Gasteiger partial charge in [0.2, 0.25) is 5.82 Å². The van der Waals surface area contributed by atoms with E-state index in [4.69, 9.17) is 23.2 Å². The molecule has 0 saturated carbocycles. The number of imidazole rings is 1. The highest BCUT2D eigenvalue weighted by atomic mass is 35.5. The molecule has 182 valence electrons. The van der Waals surface area contributed by atoms with Crippen molar-refractivity contribution in [3.63, 3.8) is 0 Å². The third kappa shape index (κ3) is 4.69. The van der Waals surface area contributed by atoms with Crippen molar-refractivity contribution in [1.29, 1.82) is 0 Å². The second kappa shape index (κ2) is 10.5. The number of halogens is 2. The Bertz CT molecular complexity index is 1500. The Labute approximate surface area is 217 Å². The third-order valence-corrected chi connectivity index (χ3v) is 6.75. The molecule has 0 radical (unpaired) electrons. The average molecular weight is 520 g/mol. The van der Waals surface area contributed by atoms with Crippen LogP contribution in [0.1, 0.15) is 37.1 Å². The summed E-state index contributed by atoms with van der Waals surface area (Å²) in [5.41, 5.74) is 4.11. The predicted octanol–water partition coefficient (Wildman–Crippen LogP) is 5.64. The fourth-order valence-electron chi connectivity index (χ4n) is 4.37. The summed E-state index contributed by atoms with van der Waals surface area (Å²) in [5.74, 6) is 0.517. The molecule has 0 aliphatic rings. The number of benzene rings is 2. The van der Waals surface area contributed by atoms with Gasteiger partial charge in [0.1, 0.15) is 0 Å². The van der Waals surface area contributed by atoms with Crippen LogP contribution in [0.5, 0.6) is 0 Å². The lowest BCUT2D eigenvalue weighted by atomic mass is 10.0. The van der Waals surface area contributed by atoms with Crippen molar-refractivity contribution >= 4 is 23.2 Å². The van der Waals surface area contributed by atoms with Crippen LogP contribution in [0.4, 0.5) is 0 Å². The van der Waals surface area contributed by atoms with Crippen molar-refractivity contribution in [2.75, 3.05) is 0 Å². The summed E-state index contributed by atoms with van der Waals surface area (Å²) in [5, 5.41) is 15.4. The lowest BCUT2D eigenvalue weighted by Gasteiger charge is -2.20.